The zero-order chi connectivity index (χ0) is 11.9. The highest BCUT2D eigenvalue weighted by Crippen LogP contribution is 2.32. The molecule has 3 nitrogen and oxygen atoms in total. The number of H-pyrrole nitrogens is 1. The second-order valence-corrected chi connectivity index (χ2v) is 5.34. The number of benzene rings is 1. The molecule has 1 aromatic heterocycles. The van der Waals surface area contributed by atoms with Crippen molar-refractivity contribution < 1.29 is 0 Å². The van der Waals surface area contributed by atoms with E-state index in [4.69, 9.17) is 0 Å². The molecule has 1 aromatic carbocycles. The molecule has 2 bridgehead atoms. The van der Waals surface area contributed by atoms with Crippen LogP contribution in [0.2, 0.25) is 0 Å². The molecule has 3 heteroatoms. The van der Waals surface area contributed by atoms with Gasteiger partial charge >= 0.3 is 0 Å². The largest absolute Gasteiger partial charge is 0.341 e. The highest BCUT2D eigenvalue weighted by molar-refractivity contribution is 5.74. The van der Waals surface area contributed by atoms with Gasteiger partial charge in [0.1, 0.15) is 5.82 Å². The molecule has 2 atom stereocenters. The lowest BCUT2D eigenvalue weighted by atomic mass is 10.1. The maximum Gasteiger partial charge on any atom is 0.121 e. The zero-order valence-corrected chi connectivity index (χ0v) is 10.3. The Kier molecular flexibility index (Phi) is 2.27. The molecule has 2 aliphatic heterocycles. The van der Waals surface area contributed by atoms with Gasteiger partial charge in [0.25, 0.3) is 0 Å². The first-order valence-electron chi connectivity index (χ1n) is 6.76. The van der Waals surface area contributed by atoms with Crippen LogP contribution < -0.4 is 0 Å². The molecule has 0 amide bonds. The number of imidazole rings is 1. The maximum absolute atomic E-state index is 4.68. The summed E-state index contributed by atoms with van der Waals surface area (Å²) in [5.41, 5.74) is 2.22. The van der Waals surface area contributed by atoms with E-state index in [2.05, 4.69) is 45.2 Å². The number of nitrogens with zero attached hydrogens (tertiary/aromatic N) is 2. The molecule has 0 radical (unpaired) electrons. The summed E-state index contributed by atoms with van der Waals surface area (Å²) in [4.78, 5) is 10.7. The van der Waals surface area contributed by atoms with Gasteiger partial charge in [-0.15, -0.1) is 0 Å². The SMILES string of the molecule is C1=CC2CCC(C1)N2Cc1nc2ccccc2[nH]1. The number of nitrogens with one attached hydrogen (secondary N) is 1. The Morgan fingerprint density at radius 1 is 1.28 bits per heavy atom. The van der Waals surface area contributed by atoms with E-state index in [1.54, 1.807) is 0 Å². The van der Waals surface area contributed by atoms with Crippen molar-refractivity contribution in [3.05, 3.63) is 42.2 Å². The van der Waals surface area contributed by atoms with Crippen LogP contribution in [0.5, 0.6) is 0 Å². The summed E-state index contributed by atoms with van der Waals surface area (Å²) >= 11 is 0. The van der Waals surface area contributed by atoms with E-state index in [0.29, 0.717) is 6.04 Å². The van der Waals surface area contributed by atoms with Crippen LogP contribution in [0.25, 0.3) is 11.0 Å². The molecule has 2 aliphatic rings. The second-order valence-electron chi connectivity index (χ2n) is 5.34. The van der Waals surface area contributed by atoms with Gasteiger partial charge in [0.15, 0.2) is 0 Å². The summed E-state index contributed by atoms with van der Waals surface area (Å²) in [6.07, 6.45) is 8.56. The quantitative estimate of drug-likeness (QED) is 0.817. The Labute approximate surface area is 107 Å². The van der Waals surface area contributed by atoms with Crippen molar-refractivity contribution >= 4 is 11.0 Å². The van der Waals surface area contributed by atoms with Gasteiger partial charge in [-0.05, 0) is 31.4 Å². The summed E-state index contributed by atoms with van der Waals surface area (Å²) in [7, 11) is 0. The number of rotatable bonds is 2. The smallest absolute Gasteiger partial charge is 0.121 e. The molecule has 0 saturated carbocycles. The van der Waals surface area contributed by atoms with Gasteiger partial charge in [-0.25, -0.2) is 4.98 Å². The van der Waals surface area contributed by atoms with Crippen LogP contribution in [-0.2, 0) is 6.54 Å². The van der Waals surface area contributed by atoms with E-state index in [1.165, 1.54) is 19.3 Å². The number of hydrogen-bond acceptors (Lipinski definition) is 2. The predicted molar refractivity (Wildman–Crippen MR) is 72.2 cm³/mol. The van der Waals surface area contributed by atoms with Gasteiger partial charge in [0.05, 0.1) is 17.6 Å². The lowest BCUT2D eigenvalue weighted by Gasteiger charge is -2.30. The predicted octanol–water partition coefficient (Wildman–Crippen LogP) is 2.86. The van der Waals surface area contributed by atoms with Gasteiger partial charge in [0, 0.05) is 12.1 Å². The van der Waals surface area contributed by atoms with E-state index in [0.717, 1.165) is 29.4 Å². The van der Waals surface area contributed by atoms with Crippen molar-refractivity contribution in [2.75, 3.05) is 0 Å². The third kappa shape index (κ3) is 1.58. The van der Waals surface area contributed by atoms with Crippen LogP contribution in [0.15, 0.2) is 36.4 Å². The van der Waals surface area contributed by atoms with E-state index < -0.39 is 0 Å². The van der Waals surface area contributed by atoms with Crippen molar-refractivity contribution in [3.63, 3.8) is 0 Å². The van der Waals surface area contributed by atoms with Crippen molar-refractivity contribution in [1.82, 2.24) is 14.9 Å². The lowest BCUT2D eigenvalue weighted by molar-refractivity contribution is 0.196. The molecule has 92 valence electrons. The first-order chi connectivity index (χ1) is 8.90. The monoisotopic (exact) mass is 239 g/mol. The average Bonchev–Trinajstić information content (AvgIpc) is 2.87. The van der Waals surface area contributed by atoms with E-state index in [9.17, 15) is 0 Å². The van der Waals surface area contributed by atoms with Gasteiger partial charge < -0.3 is 4.98 Å². The van der Waals surface area contributed by atoms with Gasteiger partial charge in [-0.3, -0.25) is 4.90 Å². The highest BCUT2D eigenvalue weighted by atomic mass is 15.2. The fourth-order valence-corrected chi connectivity index (χ4v) is 3.32. The molecule has 1 saturated heterocycles. The minimum Gasteiger partial charge on any atom is -0.341 e. The summed E-state index contributed by atoms with van der Waals surface area (Å²) < 4.78 is 0. The van der Waals surface area contributed by atoms with Crippen molar-refractivity contribution in [2.24, 2.45) is 0 Å². The van der Waals surface area contributed by atoms with Crippen LogP contribution in [0.4, 0.5) is 0 Å². The van der Waals surface area contributed by atoms with Crippen molar-refractivity contribution in [3.8, 4) is 0 Å². The Morgan fingerprint density at radius 2 is 2.22 bits per heavy atom. The molecule has 1 N–H and O–H groups in total. The van der Waals surface area contributed by atoms with Gasteiger partial charge in [0.2, 0.25) is 0 Å². The second kappa shape index (κ2) is 3.95. The molecule has 18 heavy (non-hydrogen) atoms. The van der Waals surface area contributed by atoms with E-state index >= 15 is 0 Å². The Balaban J connectivity index is 1.63. The Bertz CT molecular complexity index is 566. The minimum atomic E-state index is 0.636. The highest BCUT2D eigenvalue weighted by Gasteiger charge is 2.33. The number of aromatic amines is 1. The van der Waals surface area contributed by atoms with Crippen molar-refractivity contribution in [1.29, 1.82) is 0 Å². The molecule has 3 heterocycles. The first kappa shape index (κ1) is 10.3. The van der Waals surface area contributed by atoms with Gasteiger partial charge in [-0.2, -0.15) is 0 Å². The maximum atomic E-state index is 4.68. The normalized spacial score (nSPS) is 27.1. The van der Waals surface area contributed by atoms with Crippen LogP contribution in [0, 0.1) is 0 Å². The first-order valence-corrected chi connectivity index (χ1v) is 6.76. The molecule has 2 aromatic rings. The van der Waals surface area contributed by atoms with Gasteiger partial charge in [-0.1, -0.05) is 24.3 Å². The number of hydrogen-bond donors (Lipinski definition) is 1. The third-order valence-electron chi connectivity index (χ3n) is 4.23. The number of para-hydroxylation sites is 2. The topological polar surface area (TPSA) is 31.9 Å². The third-order valence-corrected chi connectivity index (χ3v) is 4.23. The molecule has 0 aliphatic carbocycles. The fourth-order valence-electron chi connectivity index (χ4n) is 3.32. The molecule has 2 unspecified atom stereocenters. The molecular formula is C15H17N3. The lowest BCUT2D eigenvalue weighted by Crippen LogP contribution is -2.36. The molecular weight excluding hydrogens is 222 g/mol. The fraction of sp³-hybridized carbons (Fsp3) is 0.400. The van der Waals surface area contributed by atoms with Crippen LogP contribution >= 0.6 is 0 Å². The number of aromatic nitrogens is 2. The molecule has 4 rings (SSSR count). The average molecular weight is 239 g/mol. The minimum absolute atomic E-state index is 0.636. The van der Waals surface area contributed by atoms with E-state index in [-0.39, 0.29) is 0 Å². The Morgan fingerprint density at radius 3 is 3.11 bits per heavy atom. The standard InChI is InChI=1S/C15H17N3/c1-2-7-14-13(6-1)16-15(17-14)10-18-11-4-3-5-12(18)9-8-11/h1-4,6-7,11-12H,5,8-10H2,(H,16,17). The van der Waals surface area contributed by atoms with E-state index in [1.807, 2.05) is 6.07 Å². The summed E-state index contributed by atoms with van der Waals surface area (Å²) in [5.74, 6) is 1.10. The summed E-state index contributed by atoms with van der Waals surface area (Å²) in [6.45, 7) is 0.953. The summed E-state index contributed by atoms with van der Waals surface area (Å²) in [5, 5.41) is 0. The number of fused-ring (bicyclic) bond motifs is 3. The Hall–Kier alpha value is -1.61. The molecule has 0 spiro atoms. The van der Waals surface area contributed by atoms with Crippen LogP contribution in [-0.4, -0.2) is 27.0 Å². The van der Waals surface area contributed by atoms with Crippen LogP contribution in [0.1, 0.15) is 25.1 Å². The van der Waals surface area contributed by atoms with Crippen molar-refractivity contribution in [2.45, 2.75) is 37.9 Å². The summed E-state index contributed by atoms with van der Waals surface area (Å²) in [6, 6.07) is 9.62. The zero-order valence-electron chi connectivity index (χ0n) is 10.3. The molecule has 1 fully saturated rings. The van der Waals surface area contributed by atoms with Crippen LogP contribution in [0.3, 0.4) is 0 Å².